The van der Waals surface area contributed by atoms with Crippen molar-refractivity contribution in [1.29, 1.82) is 0 Å². The maximum absolute atomic E-state index is 6.07. The van der Waals surface area contributed by atoms with E-state index in [2.05, 4.69) is 24.0 Å². The SMILES string of the molecule is CC#CCCCCC(N)c1ccccc1. The molecule has 0 saturated carbocycles. The van der Waals surface area contributed by atoms with Crippen molar-refractivity contribution in [2.24, 2.45) is 5.73 Å². The summed E-state index contributed by atoms with van der Waals surface area (Å²) in [4.78, 5) is 0. The van der Waals surface area contributed by atoms with Crippen molar-refractivity contribution in [3.8, 4) is 11.8 Å². The average molecular weight is 201 g/mol. The van der Waals surface area contributed by atoms with Crippen LogP contribution in [0.3, 0.4) is 0 Å². The highest BCUT2D eigenvalue weighted by molar-refractivity contribution is 5.18. The lowest BCUT2D eigenvalue weighted by atomic mass is 10.0. The van der Waals surface area contributed by atoms with Crippen LogP contribution in [-0.4, -0.2) is 0 Å². The first-order valence-corrected chi connectivity index (χ1v) is 5.54. The molecule has 0 aliphatic heterocycles. The Kier molecular flexibility index (Phi) is 5.58. The molecule has 1 rings (SSSR count). The Hall–Kier alpha value is -1.26. The molecule has 0 heterocycles. The van der Waals surface area contributed by atoms with E-state index in [-0.39, 0.29) is 6.04 Å². The van der Waals surface area contributed by atoms with E-state index in [9.17, 15) is 0 Å². The smallest absolute Gasteiger partial charge is 0.0294 e. The van der Waals surface area contributed by atoms with Crippen LogP contribution >= 0.6 is 0 Å². The number of nitrogens with two attached hydrogens (primary N) is 1. The molecule has 0 aliphatic carbocycles. The molecule has 1 unspecified atom stereocenters. The number of hydrogen-bond acceptors (Lipinski definition) is 1. The highest BCUT2D eigenvalue weighted by Crippen LogP contribution is 2.16. The van der Waals surface area contributed by atoms with E-state index in [1.165, 1.54) is 5.56 Å². The highest BCUT2D eigenvalue weighted by atomic mass is 14.6. The lowest BCUT2D eigenvalue weighted by Gasteiger charge is -2.10. The molecule has 1 atom stereocenters. The van der Waals surface area contributed by atoms with Crippen LogP contribution in [0.15, 0.2) is 30.3 Å². The Labute approximate surface area is 92.7 Å². The second kappa shape index (κ2) is 7.09. The molecule has 2 N–H and O–H groups in total. The van der Waals surface area contributed by atoms with Crippen LogP contribution in [0.4, 0.5) is 0 Å². The third-order valence-electron chi connectivity index (χ3n) is 2.47. The molecule has 1 aromatic rings. The molecule has 0 fully saturated rings. The average Bonchev–Trinajstić information content (AvgIpc) is 2.30. The van der Waals surface area contributed by atoms with E-state index >= 15 is 0 Å². The van der Waals surface area contributed by atoms with Gasteiger partial charge in [-0.15, -0.1) is 11.8 Å². The van der Waals surface area contributed by atoms with E-state index in [1.54, 1.807) is 0 Å². The summed E-state index contributed by atoms with van der Waals surface area (Å²) in [5, 5.41) is 0. The first kappa shape index (κ1) is 11.8. The summed E-state index contributed by atoms with van der Waals surface area (Å²) in [5.74, 6) is 5.98. The first-order chi connectivity index (χ1) is 7.34. The lowest BCUT2D eigenvalue weighted by Crippen LogP contribution is -2.09. The van der Waals surface area contributed by atoms with E-state index in [0.29, 0.717) is 0 Å². The monoisotopic (exact) mass is 201 g/mol. The third-order valence-corrected chi connectivity index (χ3v) is 2.47. The molecular formula is C14H19N. The van der Waals surface area contributed by atoms with Crippen molar-refractivity contribution >= 4 is 0 Å². The number of benzene rings is 1. The molecule has 0 aliphatic rings. The zero-order valence-electron chi connectivity index (χ0n) is 9.37. The molecule has 1 heteroatoms. The van der Waals surface area contributed by atoms with Gasteiger partial charge in [0.2, 0.25) is 0 Å². The molecule has 1 aromatic carbocycles. The fourth-order valence-corrected chi connectivity index (χ4v) is 1.57. The Morgan fingerprint density at radius 2 is 1.93 bits per heavy atom. The summed E-state index contributed by atoms with van der Waals surface area (Å²) < 4.78 is 0. The second-order valence-corrected chi connectivity index (χ2v) is 3.69. The van der Waals surface area contributed by atoms with Crippen molar-refractivity contribution in [3.05, 3.63) is 35.9 Å². The van der Waals surface area contributed by atoms with Crippen LogP contribution in [-0.2, 0) is 0 Å². The van der Waals surface area contributed by atoms with Gasteiger partial charge in [-0.25, -0.2) is 0 Å². The molecule has 80 valence electrons. The van der Waals surface area contributed by atoms with E-state index in [0.717, 1.165) is 25.7 Å². The minimum atomic E-state index is 0.181. The van der Waals surface area contributed by atoms with Crippen molar-refractivity contribution in [2.45, 2.75) is 38.6 Å². The predicted molar refractivity (Wildman–Crippen MR) is 65.3 cm³/mol. The van der Waals surface area contributed by atoms with Gasteiger partial charge in [0.15, 0.2) is 0 Å². The third kappa shape index (κ3) is 4.67. The topological polar surface area (TPSA) is 26.0 Å². The number of rotatable bonds is 5. The van der Waals surface area contributed by atoms with Crippen molar-refractivity contribution < 1.29 is 0 Å². The summed E-state index contributed by atoms with van der Waals surface area (Å²) in [6, 6.07) is 10.5. The summed E-state index contributed by atoms with van der Waals surface area (Å²) >= 11 is 0. The van der Waals surface area contributed by atoms with E-state index in [4.69, 9.17) is 5.73 Å². The molecule has 1 nitrogen and oxygen atoms in total. The van der Waals surface area contributed by atoms with Crippen molar-refractivity contribution in [3.63, 3.8) is 0 Å². The standard InChI is InChI=1S/C14H19N/c1-2-3-4-5-9-12-14(15)13-10-7-6-8-11-13/h6-8,10-11,14H,4-5,9,12,15H2,1H3. The van der Waals surface area contributed by atoms with Gasteiger partial charge in [-0.2, -0.15) is 0 Å². The Bertz CT molecular complexity index is 318. The number of hydrogen-bond donors (Lipinski definition) is 1. The van der Waals surface area contributed by atoms with Crippen LogP contribution in [0.2, 0.25) is 0 Å². The largest absolute Gasteiger partial charge is 0.324 e. The molecule has 15 heavy (non-hydrogen) atoms. The van der Waals surface area contributed by atoms with Crippen LogP contribution in [0, 0.1) is 11.8 Å². The highest BCUT2D eigenvalue weighted by Gasteiger charge is 2.03. The van der Waals surface area contributed by atoms with E-state index < -0.39 is 0 Å². The summed E-state index contributed by atoms with van der Waals surface area (Å²) in [5.41, 5.74) is 7.31. The second-order valence-electron chi connectivity index (χ2n) is 3.69. The van der Waals surface area contributed by atoms with Gasteiger partial charge >= 0.3 is 0 Å². The molecule has 0 radical (unpaired) electrons. The molecule has 0 bridgehead atoms. The van der Waals surface area contributed by atoms with Gasteiger partial charge in [-0.05, 0) is 25.3 Å². The maximum Gasteiger partial charge on any atom is 0.0294 e. The van der Waals surface area contributed by atoms with Gasteiger partial charge in [0.25, 0.3) is 0 Å². The zero-order valence-corrected chi connectivity index (χ0v) is 9.37. The summed E-state index contributed by atoms with van der Waals surface area (Å²) in [6.45, 7) is 1.88. The van der Waals surface area contributed by atoms with Gasteiger partial charge in [0, 0.05) is 12.5 Å². The molecule has 0 aromatic heterocycles. The lowest BCUT2D eigenvalue weighted by molar-refractivity contribution is 0.592. The van der Waals surface area contributed by atoms with Gasteiger partial charge in [-0.3, -0.25) is 0 Å². The summed E-state index contributed by atoms with van der Waals surface area (Å²) in [6.07, 6.45) is 4.36. The number of unbranched alkanes of at least 4 members (excludes halogenated alkanes) is 2. The quantitative estimate of drug-likeness (QED) is 0.574. The van der Waals surface area contributed by atoms with E-state index in [1.807, 2.05) is 25.1 Å². The fourth-order valence-electron chi connectivity index (χ4n) is 1.57. The molecule has 0 saturated heterocycles. The minimum absolute atomic E-state index is 0.181. The molecule has 0 amide bonds. The minimum Gasteiger partial charge on any atom is -0.324 e. The van der Waals surface area contributed by atoms with Gasteiger partial charge in [-0.1, -0.05) is 36.8 Å². The van der Waals surface area contributed by atoms with Crippen LogP contribution in [0.1, 0.15) is 44.2 Å². The molecular weight excluding hydrogens is 182 g/mol. The van der Waals surface area contributed by atoms with Crippen LogP contribution in [0.5, 0.6) is 0 Å². The normalized spacial score (nSPS) is 11.6. The van der Waals surface area contributed by atoms with Crippen molar-refractivity contribution in [2.75, 3.05) is 0 Å². The Morgan fingerprint density at radius 3 is 2.60 bits per heavy atom. The predicted octanol–water partition coefficient (Wildman–Crippen LogP) is 3.27. The van der Waals surface area contributed by atoms with Crippen LogP contribution in [0.25, 0.3) is 0 Å². The maximum atomic E-state index is 6.07. The summed E-state index contributed by atoms with van der Waals surface area (Å²) in [7, 11) is 0. The Balaban J connectivity index is 2.24. The Morgan fingerprint density at radius 1 is 1.20 bits per heavy atom. The molecule has 0 spiro atoms. The van der Waals surface area contributed by atoms with Gasteiger partial charge in [0.05, 0.1) is 0 Å². The fraction of sp³-hybridized carbons (Fsp3) is 0.429. The zero-order chi connectivity index (χ0) is 10.9. The first-order valence-electron chi connectivity index (χ1n) is 5.54. The van der Waals surface area contributed by atoms with Crippen LogP contribution < -0.4 is 5.73 Å². The van der Waals surface area contributed by atoms with Gasteiger partial charge < -0.3 is 5.73 Å². The van der Waals surface area contributed by atoms with Crippen molar-refractivity contribution in [1.82, 2.24) is 0 Å². The van der Waals surface area contributed by atoms with Gasteiger partial charge in [0.1, 0.15) is 0 Å².